The highest BCUT2D eigenvalue weighted by Crippen LogP contribution is 2.59. The second-order valence-corrected chi connectivity index (χ2v) is 8.92. The van der Waals surface area contributed by atoms with Crippen molar-refractivity contribution in [3.8, 4) is 0 Å². The number of rotatable bonds is 6. The first-order chi connectivity index (χ1) is 12.2. The van der Waals surface area contributed by atoms with E-state index in [0.29, 0.717) is 18.3 Å². The number of methoxy groups -OCH3 is 2. The number of carbonyl (C=O) groups is 2. The van der Waals surface area contributed by atoms with Crippen molar-refractivity contribution in [3.05, 3.63) is 23.3 Å². The molecular weight excluding hydrogens is 328 g/mol. The topological polar surface area (TPSA) is 52.6 Å². The van der Waals surface area contributed by atoms with Crippen molar-refractivity contribution in [2.24, 2.45) is 22.7 Å². The Balaban J connectivity index is 2.27. The van der Waals surface area contributed by atoms with Crippen molar-refractivity contribution < 1.29 is 19.1 Å². The van der Waals surface area contributed by atoms with E-state index in [2.05, 4.69) is 27.7 Å². The fourth-order valence-corrected chi connectivity index (χ4v) is 5.60. The van der Waals surface area contributed by atoms with Gasteiger partial charge in [-0.15, -0.1) is 0 Å². The van der Waals surface area contributed by atoms with Crippen LogP contribution in [0.1, 0.15) is 59.8 Å². The van der Waals surface area contributed by atoms with Gasteiger partial charge in [-0.2, -0.15) is 0 Å². The molecule has 0 aliphatic heterocycles. The van der Waals surface area contributed by atoms with Gasteiger partial charge in [0.2, 0.25) is 0 Å². The molecule has 1 saturated carbocycles. The molecule has 4 nitrogen and oxygen atoms in total. The molecule has 0 heterocycles. The van der Waals surface area contributed by atoms with Crippen molar-refractivity contribution in [2.75, 3.05) is 20.8 Å². The molecule has 26 heavy (non-hydrogen) atoms. The maximum atomic E-state index is 12.9. The molecule has 0 amide bonds. The molecule has 0 radical (unpaired) electrons. The van der Waals surface area contributed by atoms with Crippen LogP contribution in [0.2, 0.25) is 0 Å². The van der Waals surface area contributed by atoms with Crippen LogP contribution in [0.25, 0.3) is 0 Å². The van der Waals surface area contributed by atoms with E-state index < -0.39 is 0 Å². The average Bonchev–Trinajstić information content (AvgIpc) is 2.52. The van der Waals surface area contributed by atoms with Crippen LogP contribution in [0.5, 0.6) is 0 Å². The molecule has 4 heteroatoms. The zero-order chi connectivity index (χ0) is 19.5. The summed E-state index contributed by atoms with van der Waals surface area (Å²) < 4.78 is 10.0. The van der Waals surface area contributed by atoms with Crippen molar-refractivity contribution in [1.29, 1.82) is 0 Å². The van der Waals surface area contributed by atoms with Gasteiger partial charge in [-0.25, -0.2) is 4.79 Å². The summed E-state index contributed by atoms with van der Waals surface area (Å²) in [4.78, 5) is 24.5. The average molecular weight is 363 g/mol. The molecule has 2 aliphatic rings. The quantitative estimate of drug-likeness (QED) is 0.516. The van der Waals surface area contributed by atoms with E-state index in [-0.39, 0.29) is 22.7 Å². The largest absolute Gasteiger partial charge is 0.466 e. The van der Waals surface area contributed by atoms with Crippen LogP contribution in [-0.2, 0) is 19.1 Å². The van der Waals surface area contributed by atoms with Gasteiger partial charge >= 0.3 is 5.97 Å². The van der Waals surface area contributed by atoms with E-state index in [4.69, 9.17) is 9.47 Å². The van der Waals surface area contributed by atoms with Crippen LogP contribution in [0.15, 0.2) is 23.3 Å². The summed E-state index contributed by atoms with van der Waals surface area (Å²) in [6.07, 6.45) is 8.48. The predicted octanol–water partition coefficient (Wildman–Crippen LogP) is 4.49. The summed E-state index contributed by atoms with van der Waals surface area (Å²) in [6.45, 7) is 9.30. The van der Waals surface area contributed by atoms with E-state index >= 15 is 0 Å². The highest BCUT2D eigenvalue weighted by Gasteiger charge is 2.55. The SMILES string of the molecule is COC/C(=C/C(=O)OC)CC[C@@H]1C(C)=CC(=O)[C@H]2C(C)(C)CCC[C@@]12C. The first-order valence-electron chi connectivity index (χ1n) is 9.64. The Bertz CT molecular complexity index is 614. The van der Waals surface area contributed by atoms with Crippen LogP contribution >= 0.6 is 0 Å². The fourth-order valence-electron chi connectivity index (χ4n) is 5.60. The summed E-state index contributed by atoms with van der Waals surface area (Å²) in [5.41, 5.74) is 2.15. The second kappa shape index (κ2) is 8.08. The number of ether oxygens (including phenoxy) is 2. The maximum absolute atomic E-state index is 12.9. The summed E-state index contributed by atoms with van der Waals surface area (Å²) >= 11 is 0. The van der Waals surface area contributed by atoms with E-state index in [9.17, 15) is 9.59 Å². The number of fused-ring (bicyclic) bond motifs is 1. The molecular formula is C22H34O4. The van der Waals surface area contributed by atoms with Gasteiger partial charge in [0.1, 0.15) is 0 Å². The highest BCUT2D eigenvalue weighted by molar-refractivity contribution is 5.95. The van der Waals surface area contributed by atoms with Crippen LogP contribution in [0.3, 0.4) is 0 Å². The molecule has 0 aromatic rings. The lowest BCUT2D eigenvalue weighted by atomic mass is 9.48. The summed E-state index contributed by atoms with van der Waals surface area (Å²) in [7, 11) is 3.02. The van der Waals surface area contributed by atoms with Gasteiger partial charge in [-0.05, 0) is 61.0 Å². The van der Waals surface area contributed by atoms with Crippen LogP contribution in [0, 0.1) is 22.7 Å². The Kier molecular flexibility index (Phi) is 6.49. The number of allylic oxidation sites excluding steroid dienone is 2. The number of carbonyl (C=O) groups excluding carboxylic acids is 2. The van der Waals surface area contributed by atoms with Crippen molar-refractivity contribution >= 4 is 11.8 Å². The Hall–Kier alpha value is -1.42. The van der Waals surface area contributed by atoms with Crippen LogP contribution < -0.4 is 0 Å². The number of esters is 1. The predicted molar refractivity (Wildman–Crippen MR) is 103 cm³/mol. The third-order valence-corrected chi connectivity index (χ3v) is 6.58. The molecule has 0 spiro atoms. The van der Waals surface area contributed by atoms with Crippen molar-refractivity contribution in [2.45, 2.75) is 59.8 Å². The summed E-state index contributed by atoms with van der Waals surface area (Å²) in [5, 5.41) is 0. The van der Waals surface area contributed by atoms with Gasteiger partial charge < -0.3 is 9.47 Å². The summed E-state index contributed by atoms with van der Waals surface area (Å²) in [6, 6.07) is 0. The molecule has 0 aromatic heterocycles. The highest BCUT2D eigenvalue weighted by atomic mass is 16.5. The molecule has 0 saturated heterocycles. The Morgan fingerprint density at radius 3 is 2.58 bits per heavy atom. The third kappa shape index (κ3) is 4.11. The minimum absolute atomic E-state index is 0.0128. The summed E-state index contributed by atoms with van der Waals surface area (Å²) in [5.74, 6) is 0.384. The molecule has 0 N–H and O–H groups in total. The standard InChI is InChI=1S/C22H34O4/c1-15-12-18(23)20-21(2,3)10-7-11-22(20,4)17(15)9-8-16(14-25-5)13-19(24)26-6/h12-13,17,20H,7-11,14H2,1-6H3/b16-13+/t17-,20+,22+/m1/s1. The van der Waals surface area contributed by atoms with Gasteiger partial charge in [-0.1, -0.05) is 32.8 Å². The lowest BCUT2D eigenvalue weighted by Gasteiger charge is -2.55. The van der Waals surface area contributed by atoms with Gasteiger partial charge in [0.05, 0.1) is 13.7 Å². The first kappa shape index (κ1) is 20.9. The Morgan fingerprint density at radius 2 is 1.96 bits per heavy atom. The van der Waals surface area contributed by atoms with Gasteiger partial charge in [0.15, 0.2) is 5.78 Å². The zero-order valence-corrected chi connectivity index (χ0v) is 17.2. The molecule has 0 unspecified atom stereocenters. The molecule has 2 aliphatic carbocycles. The first-order valence-corrected chi connectivity index (χ1v) is 9.64. The molecule has 2 rings (SSSR count). The van der Waals surface area contributed by atoms with Gasteiger partial charge in [0, 0.05) is 19.1 Å². The van der Waals surface area contributed by atoms with E-state index in [1.165, 1.54) is 19.1 Å². The number of hydrogen-bond donors (Lipinski definition) is 0. The van der Waals surface area contributed by atoms with Crippen molar-refractivity contribution in [3.63, 3.8) is 0 Å². The van der Waals surface area contributed by atoms with Gasteiger partial charge in [-0.3, -0.25) is 4.79 Å². The molecule has 146 valence electrons. The van der Waals surface area contributed by atoms with Gasteiger partial charge in [0.25, 0.3) is 0 Å². The molecule has 3 atom stereocenters. The third-order valence-electron chi connectivity index (χ3n) is 6.58. The van der Waals surface area contributed by atoms with E-state index in [1.807, 2.05) is 6.08 Å². The smallest absolute Gasteiger partial charge is 0.330 e. The molecule has 1 fully saturated rings. The zero-order valence-electron chi connectivity index (χ0n) is 17.2. The maximum Gasteiger partial charge on any atom is 0.330 e. The minimum Gasteiger partial charge on any atom is -0.466 e. The Morgan fingerprint density at radius 1 is 1.27 bits per heavy atom. The monoisotopic (exact) mass is 362 g/mol. The fraction of sp³-hybridized carbons (Fsp3) is 0.727. The van der Waals surface area contributed by atoms with E-state index in [0.717, 1.165) is 31.3 Å². The van der Waals surface area contributed by atoms with Crippen LogP contribution in [-0.4, -0.2) is 32.6 Å². The lowest BCUT2D eigenvalue weighted by molar-refractivity contribution is -0.136. The lowest BCUT2D eigenvalue weighted by Crippen LogP contribution is -2.52. The number of hydrogen-bond acceptors (Lipinski definition) is 4. The molecule has 0 bridgehead atoms. The second-order valence-electron chi connectivity index (χ2n) is 8.92. The van der Waals surface area contributed by atoms with Crippen molar-refractivity contribution in [1.82, 2.24) is 0 Å². The van der Waals surface area contributed by atoms with E-state index in [1.54, 1.807) is 13.2 Å². The van der Waals surface area contributed by atoms with Crippen LogP contribution in [0.4, 0.5) is 0 Å². The minimum atomic E-state index is -0.342. The normalized spacial score (nSPS) is 31.2. The Labute approximate surface area is 158 Å². The number of ketones is 1. The molecule has 0 aromatic carbocycles.